The van der Waals surface area contributed by atoms with Crippen LogP contribution in [0.4, 0.5) is 11.4 Å². The number of sulfonamides is 1. The number of carbonyl (C=O) groups is 1. The van der Waals surface area contributed by atoms with Gasteiger partial charge in [0.2, 0.25) is 5.91 Å². The van der Waals surface area contributed by atoms with Crippen LogP contribution in [0.2, 0.25) is 0 Å². The van der Waals surface area contributed by atoms with Gasteiger partial charge in [-0.15, -0.1) is 0 Å². The molecule has 150 valence electrons. The first-order chi connectivity index (χ1) is 13.9. The zero-order valence-electron chi connectivity index (χ0n) is 15.5. The molecule has 4 rings (SSSR count). The number of nitrogens with zero attached hydrogens (tertiary/aromatic N) is 1. The zero-order valence-corrected chi connectivity index (χ0v) is 16.4. The number of methoxy groups -OCH3 is 1. The molecule has 0 atom stereocenters. The predicted molar refractivity (Wildman–Crippen MR) is 108 cm³/mol. The fourth-order valence-corrected chi connectivity index (χ4v) is 4.38. The molecule has 0 spiro atoms. The average molecular weight is 414 g/mol. The smallest absolute Gasteiger partial charge is 0.336 e. The molecule has 1 aliphatic heterocycles. The summed E-state index contributed by atoms with van der Waals surface area (Å²) >= 11 is 0. The molecule has 2 heterocycles. The van der Waals surface area contributed by atoms with Crippen LogP contribution >= 0.6 is 0 Å². The van der Waals surface area contributed by atoms with Crippen LogP contribution in [0.5, 0.6) is 5.75 Å². The summed E-state index contributed by atoms with van der Waals surface area (Å²) in [5, 5.41) is 0.493. The molecule has 2 aromatic carbocycles. The lowest BCUT2D eigenvalue weighted by molar-refractivity contribution is -0.117. The summed E-state index contributed by atoms with van der Waals surface area (Å²) in [5.74, 6) is 0.417. The summed E-state index contributed by atoms with van der Waals surface area (Å²) in [5.41, 5.74) is 0.711. The number of amides is 1. The van der Waals surface area contributed by atoms with E-state index >= 15 is 0 Å². The lowest BCUT2D eigenvalue weighted by Gasteiger charge is -2.20. The monoisotopic (exact) mass is 414 g/mol. The third kappa shape index (κ3) is 3.68. The van der Waals surface area contributed by atoms with Crippen LogP contribution in [0.1, 0.15) is 12.8 Å². The van der Waals surface area contributed by atoms with Crippen molar-refractivity contribution in [1.29, 1.82) is 0 Å². The quantitative estimate of drug-likeness (QED) is 0.644. The molecule has 0 bridgehead atoms. The Morgan fingerprint density at radius 3 is 2.62 bits per heavy atom. The van der Waals surface area contributed by atoms with Crippen LogP contribution in [0.25, 0.3) is 11.0 Å². The van der Waals surface area contributed by atoms with Crippen LogP contribution in [-0.2, 0) is 14.8 Å². The van der Waals surface area contributed by atoms with Gasteiger partial charge in [0, 0.05) is 30.5 Å². The average Bonchev–Trinajstić information content (AvgIpc) is 3.12. The van der Waals surface area contributed by atoms with Gasteiger partial charge < -0.3 is 14.1 Å². The van der Waals surface area contributed by atoms with Gasteiger partial charge in [-0.3, -0.25) is 9.52 Å². The minimum absolute atomic E-state index is 0.0134. The lowest BCUT2D eigenvalue weighted by atomic mass is 10.2. The molecule has 9 heteroatoms. The first-order valence-electron chi connectivity index (χ1n) is 8.92. The number of benzene rings is 2. The second kappa shape index (κ2) is 7.25. The van der Waals surface area contributed by atoms with Crippen LogP contribution in [0, 0.1) is 0 Å². The van der Waals surface area contributed by atoms with E-state index in [-0.39, 0.29) is 10.8 Å². The van der Waals surface area contributed by atoms with E-state index < -0.39 is 15.6 Å². The molecule has 0 saturated carbocycles. The van der Waals surface area contributed by atoms with Crippen LogP contribution in [-0.4, -0.2) is 28.0 Å². The molecule has 8 nitrogen and oxygen atoms in total. The Morgan fingerprint density at radius 2 is 1.90 bits per heavy atom. The molecule has 0 radical (unpaired) electrons. The van der Waals surface area contributed by atoms with Crippen molar-refractivity contribution in [2.75, 3.05) is 23.3 Å². The molecule has 3 aromatic rings. The first-order valence-corrected chi connectivity index (χ1v) is 10.4. The van der Waals surface area contributed by atoms with Gasteiger partial charge in [-0.05, 0) is 42.8 Å². The lowest BCUT2D eigenvalue weighted by Crippen LogP contribution is -2.24. The summed E-state index contributed by atoms with van der Waals surface area (Å²) in [6.07, 6.45) is 1.26. The van der Waals surface area contributed by atoms with E-state index in [4.69, 9.17) is 9.15 Å². The first kappa shape index (κ1) is 19.0. The molecule has 1 N–H and O–H groups in total. The Hall–Kier alpha value is -3.33. The number of hydrogen-bond acceptors (Lipinski definition) is 6. The summed E-state index contributed by atoms with van der Waals surface area (Å²) in [4.78, 5) is 24.9. The van der Waals surface area contributed by atoms with E-state index in [0.29, 0.717) is 41.1 Å². The standard InChI is InChI=1S/C20H18N2O6S/c1-27-18-12-14(5-7-16(18)22-10-2-3-19(22)23)21-29(25,26)15-6-8-17-13(11-15)4-9-20(24)28-17/h4-9,11-12,21H,2-3,10H2,1H3. The molecule has 1 aromatic heterocycles. The Labute approximate surface area is 166 Å². The number of rotatable bonds is 5. The van der Waals surface area contributed by atoms with Crippen molar-refractivity contribution in [3.63, 3.8) is 0 Å². The third-order valence-corrected chi connectivity index (χ3v) is 6.08. The highest BCUT2D eigenvalue weighted by Gasteiger charge is 2.25. The highest BCUT2D eigenvalue weighted by atomic mass is 32.2. The van der Waals surface area contributed by atoms with Crippen LogP contribution < -0.4 is 20.0 Å². The summed E-state index contributed by atoms with van der Waals surface area (Å²) in [7, 11) is -2.42. The summed E-state index contributed by atoms with van der Waals surface area (Å²) in [6.45, 7) is 0.605. The van der Waals surface area contributed by atoms with Crippen molar-refractivity contribution in [1.82, 2.24) is 0 Å². The van der Waals surface area contributed by atoms with Crippen molar-refractivity contribution in [3.05, 3.63) is 59.0 Å². The Kier molecular flexibility index (Phi) is 4.75. The molecule has 0 aliphatic carbocycles. The summed E-state index contributed by atoms with van der Waals surface area (Å²) < 4.78 is 38.5. The molecular formula is C20H18N2O6S. The molecule has 1 fully saturated rings. The van der Waals surface area contributed by atoms with Crippen molar-refractivity contribution in [3.8, 4) is 5.75 Å². The highest BCUT2D eigenvalue weighted by Crippen LogP contribution is 2.34. The van der Waals surface area contributed by atoms with Gasteiger partial charge in [0.1, 0.15) is 11.3 Å². The Morgan fingerprint density at radius 1 is 1.07 bits per heavy atom. The molecular weight excluding hydrogens is 396 g/mol. The number of hydrogen-bond donors (Lipinski definition) is 1. The number of nitrogens with one attached hydrogen (secondary N) is 1. The topological polar surface area (TPSA) is 106 Å². The summed E-state index contributed by atoms with van der Waals surface area (Å²) in [6, 6.07) is 11.8. The number of ether oxygens (including phenoxy) is 1. The van der Waals surface area contributed by atoms with Gasteiger partial charge in [-0.2, -0.15) is 0 Å². The second-order valence-electron chi connectivity index (χ2n) is 6.60. The fraction of sp³-hybridized carbons (Fsp3) is 0.200. The van der Waals surface area contributed by atoms with E-state index in [2.05, 4.69) is 4.72 Å². The maximum atomic E-state index is 12.8. The van der Waals surface area contributed by atoms with Crippen molar-refractivity contribution < 1.29 is 22.4 Å². The second-order valence-corrected chi connectivity index (χ2v) is 8.28. The minimum atomic E-state index is -3.89. The molecule has 1 amide bonds. The normalized spacial score (nSPS) is 14.4. The van der Waals surface area contributed by atoms with Gasteiger partial charge in [0.15, 0.2) is 0 Å². The maximum absolute atomic E-state index is 12.8. The third-order valence-electron chi connectivity index (χ3n) is 4.70. The van der Waals surface area contributed by atoms with Gasteiger partial charge in [0.25, 0.3) is 10.0 Å². The van der Waals surface area contributed by atoms with E-state index in [9.17, 15) is 18.0 Å². The minimum Gasteiger partial charge on any atom is -0.494 e. The largest absolute Gasteiger partial charge is 0.494 e. The van der Waals surface area contributed by atoms with E-state index in [1.54, 1.807) is 23.1 Å². The molecule has 1 saturated heterocycles. The van der Waals surface area contributed by atoms with Gasteiger partial charge in [-0.25, -0.2) is 13.2 Å². The number of anilines is 2. The van der Waals surface area contributed by atoms with Gasteiger partial charge >= 0.3 is 5.63 Å². The Balaban J connectivity index is 1.65. The van der Waals surface area contributed by atoms with Crippen molar-refractivity contribution in [2.45, 2.75) is 17.7 Å². The highest BCUT2D eigenvalue weighted by molar-refractivity contribution is 7.92. The van der Waals surface area contributed by atoms with Crippen molar-refractivity contribution in [2.24, 2.45) is 0 Å². The zero-order chi connectivity index (χ0) is 20.6. The Bertz CT molecular complexity index is 1270. The van der Waals surface area contributed by atoms with E-state index in [0.717, 1.165) is 6.42 Å². The number of carbonyl (C=O) groups excluding carboxylic acids is 1. The van der Waals surface area contributed by atoms with Gasteiger partial charge in [0.05, 0.1) is 23.4 Å². The van der Waals surface area contributed by atoms with Crippen LogP contribution in [0.15, 0.2) is 62.6 Å². The van der Waals surface area contributed by atoms with Crippen molar-refractivity contribution >= 4 is 38.3 Å². The van der Waals surface area contributed by atoms with Crippen LogP contribution in [0.3, 0.4) is 0 Å². The molecule has 0 unspecified atom stereocenters. The molecule has 1 aliphatic rings. The number of fused-ring (bicyclic) bond motifs is 1. The predicted octanol–water partition coefficient (Wildman–Crippen LogP) is 2.73. The maximum Gasteiger partial charge on any atom is 0.336 e. The fourth-order valence-electron chi connectivity index (χ4n) is 3.30. The van der Waals surface area contributed by atoms with Gasteiger partial charge in [-0.1, -0.05) is 0 Å². The van der Waals surface area contributed by atoms with E-state index in [1.807, 2.05) is 0 Å². The van der Waals surface area contributed by atoms with E-state index in [1.165, 1.54) is 37.4 Å². The molecule has 29 heavy (non-hydrogen) atoms. The SMILES string of the molecule is COc1cc(NS(=O)(=O)c2ccc3oc(=O)ccc3c2)ccc1N1CCCC1=O.